The van der Waals surface area contributed by atoms with E-state index in [1.807, 2.05) is 0 Å². The topological polar surface area (TPSA) is 75.3 Å². The van der Waals surface area contributed by atoms with Crippen molar-refractivity contribution in [2.45, 2.75) is 0 Å². The molecule has 0 bridgehead atoms. The molecule has 5 nitrogen and oxygen atoms in total. The van der Waals surface area contributed by atoms with Crippen molar-refractivity contribution in [3.05, 3.63) is 36.9 Å². The minimum atomic E-state index is -3.27. The van der Waals surface area contributed by atoms with Gasteiger partial charge in [0.2, 0.25) is 15.9 Å². The minimum Gasteiger partial charge on any atom is -0.323 e. The second-order valence-corrected chi connectivity index (χ2v) is 4.89. The third-order valence-electron chi connectivity index (χ3n) is 1.64. The summed E-state index contributed by atoms with van der Waals surface area (Å²) in [5.41, 5.74) is 1.02. The molecule has 0 heterocycles. The molecule has 0 spiro atoms. The van der Waals surface area contributed by atoms with Crippen molar-refractivity contribution in [3.8, 4) is 0 Å². The normalized spacial score (nSPS) is 10.6. The number of amides is 1. The monoisotopic (exact) mass is 240 g/mol. The van der Waals surface area contributed by atoms with Crippen LogP contribution >= 0.6 is 0 Å². The quantitative estimate of drug-likeness (QED) is 0.776. The zero-order valence-electron chi connectivity index (χ0n) is 8.73. The standard InChI is InChI=1S/C10H12N2O3S/c1-3-10(13)11-8-4-6-9(7-5-8)12-16(2,14)15/h3-7,12H,1H2,2H3,(H,11,13). The van der Waals surface area contributed by atoms with Crippen molar-refractivity contribution in [2.24, 2.45) is 0 Å². The summed E-state index contributed by atoms with van der Waals surface area (Å²) in [7, 11) is -3.27. The van der Waals surface area contributed by atoms with E-state index in [-0.39, 0.29) is 5.91 Å². The maximum Gasteiger partial charge on any atom is 0.247 e. The van der Waals surface area contributed by atoms with Crippen LogP contribution in [0, 0.1) is 0 Å². The number of carbonyl (C=O) groups excluding carboxylic acids is 1. The molecule has 0 aliphatic rings. The second kappa shape index (κ2) is 4.80. The number of carbonyl (C=O) groups is 1. The van der Waals surface area contributed by atoms with E-state index in [1.54, 1.807) is 24.3 Å². The molecule has 6 heteroatoms. The molecule has 0 unspecified atom stereocenters. The largest absolute Gasteiger partial charge is 0.323 e. The summed E-state index contributed by atoms with van der Waals surface area (Å²) in [6.45, 7) is 3.32. The SMILES string of the molecule is C=CC(=O)Nc1ccc(NS(C)(=O)=O)cc1. The first-order chi connectivity index (χ1) is 7.40. The van der Waals surface area contributed by atoms with Crippen molar-refractivity contribution in [1.82, 2.24) is 0 Å². The molecule has 0 fully saturated rings. The number of nitrogens with one attached hydrogen (secondary N) is 2. The van der Waals surface area contributed by atoms with Crippen LogP contribution < -0.4 is 10.0 Å². The van der Waals surface area contributed by atoms with Crippen LogP contribution in [0.2, 0.25) is 0 Å². The van der Waals surface area contributed by atoms with E-state index in [2.05, 4.69) is 16.6 Å². The Morgan fingerprint density at radius 3 is 2.19 bits per heavy atom. The fraction of sp³-hybridized carbons (Fsp3) is 0.100. The summed E-state index contributed by atoms with van der Waals surface area (Å²) < 4.78 is 24.1. The highest BCUT2D eigenvalue weighted by atomic mass is 32.2. The number of benzene rings is 1. The molecule has 0 aliphatic carbocycles. The summed E-state index contributed by atoms with van der Waals surface area (Å²) in [5.74, 6) is -0.316. The molecule has 1 amide bonds. The van der Waals surface area contributed by atoms with E-state index in [1.165, 1.54) is 0 Å². The molecule has 1 rings (SSSR count). The lowest BCUT2D eigenvalue weighted by Gasteiger charge is -2.05. The van der Waals surface area contributed by atoms with Crippen LogP contribution in [-0.4, -0.2) is 20.6 Å². The van der Waals surface area contributed by atoms with Gasteiger partial charge in [-0.1, -0.05) is 6.58 Å². The van der Waals surface area contributed by atoms with Gasteiger partial charge in [0.15, 0.2) is 0 Å². The Kier molecular flexibility index (Phi) is 3.68. The molecule has 0 aliphatic heterocycles. The smallest absolute Gasteiger partial charge is 0.247 e. The molecule has 2 N–H and O–H groups in total. The predicted octanol–water partition coefficient (Wildman–Crippen LogP) is 1.18. The number of hydrogen-bond donors (Lipinski definition) is 2. The van der Waals surface area contributed by atoms with E-state index in [0.29, 0.717) is 11.4 Å². The van der Waals surface area contributed by atoms with E-state index in [0.717, 1.165) is 12.3 Å². The van der Waals surface area contributed by atoms with Crippen LogP contribution in [0.15, 0.2) is 36.9 Å². The van der Waals surface area contributed by atoms with Crippen LogP contribution in [0.1, 0.15) is 0 Å². The average molecular weight is 240 g/mol. The Morgan fingerprint density at radius 2 is 1.75 bits per heavy atom. The van der Waals surface area contributed by atoms with Crippen LogP contribution in [0.5, 0.6) is 0 Å². The molecule has 0 aromatic heterocycles. The highest BCUT2D eigenvalue weighted by molar-refractivity contribution is 7.92. The van der Waals surface area contributed by atoms with Crippen molar-refractivity contribution < 1.29 is 13.2 Å². The van der Waals surface area contributed by atoms with Crippen LogP contribution in [-0.2, 0) is 14.8 Å². The molecule has 1 aromatic rings. The van der Waals surface area contributed by atoms with Crippen molar-refractivity contribution in [3.63, 3.8) is 0 Å². The first-order valence-corrected chi connectivity index (χ1v) is 6.31. The fourth-order valence-corrected chi connectivity index (χ4v) is 1.59. The van der Waals surface area contributed by atoms with E-state index >= 15 is 0 Å². The Bertz CT molecular complexity index is 491. The molecule has 0 atom stereocenters. The first-order valence-electron chi connectivity index (χ1n) is 4.42. The maximum atomic E-state index is 11.0. The number of hydrogen-bond acceptors (Lipinski definition) is 3. The summed E-state index contributed by atoms with van der Waals surface area (Å²) in [4.78, 5) is 11.0. The summed E-state index contributed by atoms with van der Waals surface area (Å²) >= 11 is 0. The molecular weight excluding hydrogens is 228 g/mol. The van der Waals surface area contributed by atoms with Gasteiger partial charge in [-0.15, -0.1) is 0 Å². The Hall–Kier alpha value is -1.82. The maximum absolute atomic E-state index is 11.0. The van der Waals surface area contributed by atoms with Gasteiger partial charge < -0.3 is 5.32 Å². The van der Waals surface area contributed by atoms with Gasteiger partial charge in [0.05, 0.1) is 6.26 Å². The van der Waals surface area contributed by atoms with E-state index < -0.39 is 10.0 Å². The molecular formula is C10H12N2O3S. The number of anilines is 2. The van der Waals surface area contributed by atoms with Crippen LogP contribution in [0.25, 0.3) is 0 Å². The molecule has 86 valence electrons. The number of rotatable bonds is 4. The summed E-state index contributed by atoms with van der Waals surface area (Å²) in [6, 6.07) is 6.29. The molecule has 0 saturated heterocycles. The average Bonchev–Trinajstić information content (AvgIpc) is 2.18. The van der Waals surface area contributed by atoms with E-state index in [4.69, 9.17) is 0 Å². The van der Waals surface area contributed by atoms with Gasteiger partial charge in [0.1, 0.15) is 0 Å². The van der Waals surface area contributed by atoms with Crippen molar-refractivity contribution in [1.29, 1.82) is 0 Å². The zero-order chi connectivity index (χ0) is 12.2. The predicted molar refractivity (Wildman–Crippen MR) is 63.7 cm³/mol. The van der Waals surface area contributed by atoms with Crippen molar-refractivity contribution >= 4 is 27.3 Å². The molecule has 16 heavy (non-hydrogen) atoms. The molecule has 0 radical (unpaired) electrons. The first kappa shape index (κ1) is 12.3. The van der Waals surface area contributed by atoms with Gasteiger partial charge in [0.25, 0.3) is 0 Å². The van der Waals surface area contributed by atoms with Gasteiger partial charge in [0, 0.05) is 11.4 Å². The second-order valence-electron chi connectivity index (χ2n) is 3.14. The van der Waals surface area contributed by atoms with Crippen LogP contribution in [0.4, 0.5) is 11.4 Å². The van der Waals surface area contributed by atoms with Gasteiger partial charge >= 0.3 is 0 Å². The molecule has 0 saturated carbocycles. The summed E-state index contributed by atoms with van der Waals surface area (Å²) in [6.07, 6.45) is 2.23. The Morgan fingerprint density at radius 1 is 1.25 bits per heavy atom. The Labute approximate surface area is 94.2 Å². The zero-order valence-corrected chi connectivity index (χ0v) is 9.54. The highest BCUT2D eigenvalue weighted by Gasteiger charge is 2.02. The van der Waals surface area contributed by atoms with Gasteiger partial charge in [-0.2, -0.15) is 0 Å². The van der Waals surface area contributed by atoms with Gasteiger partial charge in [-0.25, -0.2) is 8.42 Å². The molecule has 1 aromatic carbocycles. The highest BCUT2D eigenvalue weighted by Crippen LogP contribution is 2.14. The van der Waals surface area contributed by atoms with Gasteiger partial charge in [-0.3, -0.25) is 9.52 Å². The number of sulfonamides is 1. The van der Waals surface area contributed by atoms with Crippen molar-refractivity contribution in [2.75, 3.05) is 16.3 Å². The fourth-order valence-electron chi connectivity index (χ4n) is 1.03. The Balaban J connectivity index is 2.75. The minimum absolute atomic E-state index is 0.316. The lowest BCUT2D eigenvalue weighted by atomic mass is 10.3. The summed E-state index contributed by atoms with van der Waals surface area (Å²) in [5, 5.41) is 2.55. The lowest BCUT2D eigenvalue weighted by molar-refractivity contribution is -0.111. The lowest BCUT2D eigenvalue weighted by Crippen LogP contribution is -2.10. The van der Waals surface area contributed by atoms with Crippen LogP contribution in [0.3, 0.4) is 0 Å². The third kappa shape index (κ3) is 4.14. The van der Waals surface area contributed by atoms with E-state index in [9.17, 15) is 13.2 Å². The van der Waals surface area contributed by atoms with Gasteiger partial charge in [-0.05, 0) is 30.3 Å². The third-order valence-corrected chi connectivity index (χ3v) is 2.25.